The van der Waals surface area contributed by atoms with Crippen molar-refractivity contribution >= 4 is 16.9 Å². The first kappa shape index (κ1) is 17.3. The molecule has 3 aliphatic heterocycles. The van der Waals surface area contributed by atoms with E-state index in [-0.39, 0.29) is 11.9 Å². The van der Waals surface area contributed by atoms with Crippen LogP contribution in [-0.4, -0.2) is 43.6 Å². The van der Waals surface area contributed by atoms with Gasteiger partial charge in [-0.3, -0.25) is 4.79 Å². The van der Waals surface area contributed by atoms with E-state index < -0.39 is 0 Å². The molecule has 6 rings (SSSR count). The molecule has 3 aromatic rings. The molecule has 3 saturated heterocycles. The van der Waals surface area contributed by atoms with Gasteiger partial charge in [0.25, 0.3) is 5.91 Å². The van der Waals surface area contributed by atoms with Gasteiger partial charge in [-0.15, -0.1) is 0 Å². The minimum Gasteiger partial charge on any atom is -0.497 e. The van der Waals surface area contributed by atoms with E-state index in [1.54, 1.807) is 7.11 Å². The number of rotatable bonds is 4. The van der Waals surface area contributed by atoms with E-state index in [1.165, 1.54) is 12.8 Å². The van der Waals surface area contributed by atoms with Crippen LogP contribution in [-0.2, 0) is 0 Å². The van der Waals surface area contributed by atoms with Crippen LogP contribution in [0.3, 0.4) is 0 Å². The highest BCUT2D eigenvalue weighted by Crippen LogP contribution is 2.30. The van der Waals surface area contributed by atoms with Gasteiger partial charge in [-0.2, -0.15) is 0 Å². The summed E-state index contributed by atoms with van der Waals surface area (Å²) in [4.78, 5) is 15.2. The first-order valence-corrected chi connectivity index (χ1v) is 9.91. The number of fused-ring (bicyclic) bond motifs is 4. The predicted octanol–water partition coefficient (Wildman–Crippen LogP) is 3.93. The number of benzene rings is 2. The first-order valence-electron chi connectivity index (χ1n) is 9.91. The number of hydrogen-bond acceptors (Lipinski definition) is 4. The van der Waals surface area contributed by atoms with Gasteiger partial charge in [0.2, 0.25) is 0 Å². The monoisotopic (exact) mass is 376 g/mol. The third-order valence-corrected chi connectivity index (χ3v) is 6.12. The molecular formula is C23H24N2O3. The number of amides is 1. The molecule has 0 saturated carbocycles. The van der Waals surface area contributed by atoms with Gasteiger partial charge in [-0.25, -0.2) is 0 Å². The average Bonchev–Trinajstić information content (AvgIpc) is 3.18. The quantitative estimate of drug-likeness (QED) is 0.750. The van der Waals surface area contributed by atoms with Crippen LogP contribution >= 0.6 is 0 Å². The van der Waals surface area contributed by atoms with Crippen LogP contribution in [0.1, 0.15) is 23.4 Å². The molecule has 3 fully saturated rings. The molecule has 0 radical (unpaired) electrons. The smallest absolute Gasteiger partial charge is 0.287 e. The summed E-state index contributed by atoms with van der Waals surface area (Å²) in [6.07, 6.45) is 2.35. The maximum atomic E-state index is 12.8. The predicted molar refractivity (Wildman–Crippen MR) is 109 cm³/mol. The van der Waals surface area contributed by atoms with E-state index in [2.05, 4.69) is 16.3 Å². The van der Waals surface area contributed by atoms with Crippen molar-refractivity contribution < 1.29 is 13.9 Å². The van der Waals surface area contributed by atoms with E-state index >= 15 is 0 Å². The van der Waals surface area contributed by atoms with Crippen LogP contribution in [0.5, 0.6) is 5.75 Å². The molecule has 1 atom stereocenters. The second kappa shape index (κ2) is 6.99. The molecule has 0 aliphatic carbocycles. The third-order valence-electron chi connectivity index (χ3n) is 6.12. The standard InChI is InChI=1S/C23H24N2O3/c1-27-19-4-2-3-16(12-19)17-5-6-21-18(11-17)13-22(28-21)23(26)24-20-14-25-9-7-15(20)8-10-25/h2-6,11-13,15,20H,7-10,14H2,1H3,(H,24,26). The summed E-state index contributed by atoms with van der Waals surface area (Å²) < 4.78 is 11.2. The van der Waals surface area contributed by atoms with E-state index in [0.29, 0.717) is 11.7 Å². The van der Waals surface area contributed by atoms with Crippen LogP contribution in [0.25, 0.3) is 22.1 Å². The summed E-state index contributed by atoms with van der Waals surface area (Å²) in [5.74, 6) is 1.69. The highest BCUT2D eigenvalue weighted by atomic mass is 16.5. The molecule has 3 aliphatic rings. The molecule has 28 heavy (non-hydrogen) atoms. The fraction of sp³-hybridized carbons (Fsp3) is 0.348. The number of carbonyl (C=O) groups is 1. The van der Waals surface area contributed by atoms with E-state index in [1.807, 2.05) is 42.5 Å². The second-order valence-corrected chi connectivity index (χ2v) is 7.81. The molecule has 5 heteroatoms. The van der Waals surface area contributed by atoms with Crippen molar-refractivity contribution in [3.63, 3.8) is 0 Å². The molecule has 2 bridgehead atoms. The largest absolute Gasteiger partial charge is 0.497 e. The van der Waals surface area contributed by atoms with Gasteiger partial charge in [0.1, 0.15) is 11.3 Å². The van der Waals surface area contributed by atoms with E-state index in [9.17, 15) is 4.79 Å². The summed E-state index contributed by atoms with van der Waals surface area (Å²) in [5, 5.41) is 4.13. The number of ether oxygens (including phenoxy) is 1. The first-order chi connectivity index (χ1) is 13.7. The Morgan fingerprint density at radius 1 is 1.11 bits per heavy atom. The molecular weight excluding hydrogens is 352 g/mol. The molecule has 1 N–H and O–H groups in total. The van der Waals surface area contributed by atoms with Gasteiger partial charge in [0.05, 0.1) is 7.11 Å². The minimum absolute atomic E-state index is 0.113. The average molecular weight is 376 g/mol. The number of hydrogen-bond donors (Lipinski definition) is 1. The molecule has 5 nitrogen and oxygen atoms in total. The van der Waals surface area contributed by atoms with Gasteiger partial charge >= 0.3 is 0 Å². The van der Waals surface area contributed by atoms with Crippen molar-refractivity contribution in [1.82, 2.24) is 10.2 Å². The van der Waals surface area contributed by atoms with Crippen LogP contribution in [0.2, 0.25) is 0 Å². The lowest BCUT2D eigenvalue weighted by Gasteiger charge is -2.44. The Labute approximate surface area is 164 Å². The van der Waals surface area contributed by atoms with E-state index in [0.717, 1.165) is 47.5 Å². The third kappa shape index (κ3) is 3.16. The molecule has 1 amide bonds. The van der Waals surface area contributed by atoms with Crippen LogP contribution < -0.4 is 10.1 Å². The van der Waals surface area contributed by atoms with Gasteiger partial charge < -0.3 is 19.4 Å². The molecule has 1 aromatic heterocycles. The van der Waals surface area contributed by atoms with Gasteiger partial charge in [0, 0.05) is 18.0 Å². The number of nitrogens with zero attached hydrogens (tertiary/aromatic N) is 1. The zero-order valence-corrected chi connectivity index (χ0v) is 16.0. The van der Waals surface area contributed by atoms with Crippen molar-refractivity contribution in [3.8, 4) is 16.9 Å². The Morgan fingerprint density at radius 2 is 1.93 bits per heavy atom. The van der Waals surface area contributed by atoms with Crippen molar-refractivity contribution in [3.05, 3.63) is 54.3 Å². The number of piperidine rings is 3. The Bertz CT molecular complexity index is 1020. The summed E-state index contributed by atoms with van der Waals surface area (Å²) in [6, 6.07) is 16.0. The highest BCUT2D eigenvalue weighted by Gasteiger charge is 2.35. The van der Waals surface area contributed by atoms with Crippen molar-refractivity contribution in [2.75, 3.05) is 26.7 Å². The summed E-state index contributed by atoms with van der Waals surface area (Å²) in [5.41, 5.74) is 2.86. The normalized spacial score (nSPS) is 23.7. The fourth-order valence-corrected chi connectivity index (χ4v) is 4.51. The SMILES string of the molecule is COc1cccc(-c2ccc3oc(C(=O)NC4CN5CCC4CC5)cc3c2)c1. The summed E-state index contributed by atoms with van der Waals surface area (Å²) in [7, 11) is 1.67. The minimum atomic E-state index is -0.113. The maximum absolute atomic E-state index is 12.8. The second-order valence-electron chi connectivity index (χ2n) is 7.81. The number of methoxy groups -OCH3 is 1. The number of carbonyl (C=O) groups excluding carboxylic acids is 1. The van der Waals surface area contributed by atoms with Crippen molar-refractivity contribution in [2.45, 2.75) is 18.9 Å². The Morgan fingerprint density at radius 3 is 2.68 bits per heavy atom. The maximum Gasteiger partial charge on any atom is 0.287 e. The van der Waals surface area contributed by atoms with Crippen LogP contribution in [0, 0.1) is 5.92 Å². The van der Waals surface area contributed by atoms with Gasteiger partial charge in [-0.1, -0.05) is 18.2 Å². The number of nitrogens with one attached hydrogen (secondary N) is 1. The lowest BCUT2D eigenvalue weighted by atomic mass is 9.84. The molecule has 4 heterocycles. The summed E-state index contributed by atoms with van der Waals surface area (Å²) >= 11 is 0. The Balaban J connectivity index is 1.38. The number of furan rings is 1. The molecule has 2 aromatic carbocycles. The fourth-order valence-electron chi connectivity index (χ4n) is 4.51. The van der Waals surface area contributed by atoms with Gasteiger partial charge in [0.15, 0.2) is 5.76 Å². The Hall–Kier alpha value is -2.79. The zero-order valence-electron chi connectivity index (χ0n) is 16.0. The van der Waals surface area contributed by atoms with E-state index in [4.69, 9.17) is 9.15 Å². The van der Waals surface area contributed by atoms with Crippen LogP contribution in [0.15, 0.2) is 52.9 Å². The van der Waals surface area contributed by atoms with Crippen LogP contribution in [0.4, 0.5) is 0 Å². The molecule has 1 unspecified atom stereocenters. The Kier molecular flexibility index (Phi) is 4.32. The molecule has 0 spiro atoms. The topological polar surface area (TPSA) is 54.7 Å². The zero-order chi connectivity index (χ0) is 19.1. The lowest BCUT2D eigenvalue weighted by molar-refractivity contribution is 0.0607. The van der Waals surface area contributed by atoms with Crippen molar-refractivity contribution in [1.29, 1.82) is 0 Å². The van der Waals surface area contributed by atoms with Gasteiger partial charge in [-0.05, 0) is 73.3 Å². The highest BCUT2D eigenvalue weighted by molar-refractivity contribution is 5.97. The summed E-state index contributed by atoms with van der Waals surface area (Å²) in [6.45, 7) is 3.28. The van der Waals surface area contributed by atoms with Crippen molar-refractivity contribution in [2.24, 2.45) is 5.92 Å². The molecule has 144 valence electrons. The lowest BCUT2D eigenvalue weighted by Crippen LogP contribution is -2.57.